The lowest BCUT2D eigenvalue weighted by Gasteiger charge is -2.34. The van der Waals surface area contributed by atoms with Crippen molar-refractivity contribution >= 4 is 75.2 Å². The summed E-state index contributed by atoms with van der Waals surface area (Å²) in [5, 5.41) is 31.2. The monoisotopic (exact) mass is 1050 g/mol. The van der Waals surface area contributed by atoms with E-state index in [1.807, 2.05) is 0 Å². The van der Waals surface area contributed by atoms with E-state index >= 15 is 0 Å². The van der Waals surface area contributed by atoms with Crippen molar-refractivity contribution in [2.24, 2.45) is 15.6 Å². The van der Waals surface area contributed by atoms with Gasteiger partial charge in [-0.2, -0.15) is 9.42 Å². The molecule has 0 unspecified atom stereocenters. The summed E-state index contributed by atoms with van der Waals surface area (Å²) in [4.78, 5) is -0.899. The maximum absolute atomic E-state index is 14.2. The average molecular weight is 1050 g/mol. The number of sulfonamides is 3. The van der Waals surface area contributed by atoms with E-state index in [1.165, 1.54) is 107 Å². The number of azo groups is 1. The number of rotatable bonds is 27. The number of nitrogens with one attached hydrogen (secondary N) is 2. The third-order valence-corrected chi connectivity index (χ3v) is 16.6. The lowest BCUT2D eigenvalue weighted by Crippen LogP contribution is -2.40. The highest BCUT2D eigenvalue weighted by molar-refractivity contribution is 7.93. The van der Waals surface area contributed by atoms with E-state index in [0.29, 0.717) is 12.4 Å². The molecular weight excluding hydrogens is 974 g/mol. The van der Waals surface area contributed by atoms with Crippen molar-refractivity contribution in [2.45, 2.75) is 153 Å². The predicted octanol–water partition coefficient (Wildman–Crippen LogP) is 13.1. The quantitative estimate of drug-likeness (QED) is 0.0252. The number of fused-ring (bicyclic) bond motifs is 1. The molecule has 5 rings (SSSR count). The fourth-order valence-electron chi connectivity index (χ4n) is 9.18. The van der Waals surface area contributed by atoms with Gasteiger partial charge in [0, 0.05) is 35.5 Å². The molecule has 15 nitrogen and oxygen atoms in total. The molecule has 1 fully saturated rings. The van der Waals surface area contributed by atoms with E-state index in [1.54, 1.807) is 6.07 Å². The van der Waals surface area contributed by atoms with E-state index in [2.05, 4.69) is 61.2 Å². The number of halogens is 1. The molecule has 0 saturated carbocycles. The Morgan fingerprint density at radius 1 is 0.729 bits per heavy atom. The van der Waals surface area contributed by atoms with Crippen molar-refractivity contribution in [3.8, 4) is 17.2 Å². The van der Waals surface area contributed by atoms with E-state index < -0.39 is 51.0 Å². The fourth-order valence-corrected chi connectivity index (χ4v) is 12.9. The zero-order valence-electron chi connectivity index (χ0n) is 41.9. The molecule has 4 aromatic carbocycles. The number of benzene rings is 4. The van der Waals surface area contributed by atoms with Crippen LogP contribution in [0.2, 0.25) is 5.02 Å². The van der Waals surface area contributed by atoms with Crippen LogP contribution in [-0.2, 0) is 40.2 Å². The van der Waals surface area contributed by atoms with Gasteiger partial charge in [0.05, 0.1) is 53.8 Å². The molecule has 4 aromatic rings. The summed E-state index contributed by atoms with van der Waals surface area (Å²) in [6.45, 7) is 13.6. The summed E-state index contributed by atoms with van der Waals surface area (Å²) >= 11 is 6.53. The van der Waals surface area contributed by atoms with Gasteiger partial charge in [0.15, 0.2) is 0 Å². The first-order chi connectivity index (χ1) is 32.9. The number of aromatic hydroxyl groups is 2. The zero-order chi connectivity index (χ0) is 51.3. The summed E-state index contributed by atoms with van der Waals surface area (Å²) in [6.07, 6.45) is 18.9. The fraction of sp³-hybridized carbons (Fsp3) is 0.569. The van der Waals surface area contributed by atoms with Gasteiger partial charge >= 0.3 is 0 Å². The molecule has 19 heteroatoms. The second kappa shape index (κ2) is 25.0. The highest BCUT2D eigenvalue weighted by atomic mass is 35.5. The SMILES string of the molecule is CCCCCCCCCCCCCCCCOc1cc(NS(=O)(=O)c2cc(N=Nc3cc(S(=O)(=O)N4CCOCC4)c(O)c4cccc(NS(C)(=O)=O)c34)ccc2Cl)c(O)cc1C(C)(C)CC(C)(C)C. The van der Waals surface area contributed by atoms with Gasteiger partial charge in [-0.05, 0) is 60.1 Å². The molecule has 0 radical (unpaired) electrons. The topological polar surface area (TPSA) is 213 Å². The Labute approximate surface area is 422 Å². The highest BCUT2D eigenvalue weighted by Crippen LogP contribution is 2.46. The van der Waals surface area contributed by atoms with Crippen LogP contribution in [0.25, 0.3) is 10.8 Å². The van der Waals surface area contributed by atoms with Crippen LogP contribution in [0, 0.1) is 5.41 Å². The second-order valence-corrected chi connectivity index (χ2v) is 25.9. The molecule has 1 aliphatic heterocycles. The maximum atomic E-state index is 14.2. The van der Waals surface area contributed by atoms with E-state index in [4.69, 9.17) is 21.1 Å². The molecule has 4 N–H and O–H groups in total. The second-order valence-electron chi connectivity index (χ2n) is 20.2. The van der Waals surface area contributed by atoms with Gasteiger partial charge in [0.2, 0.25) is 20.0 Å². The molecule has 0 bridgehead atoms. The predicted molar refractivity (Wildman–Crippen MR) is 281 cm³/mol. The summed E-state index contributed by atoms with van der Waals surface area (Å²) < 4.78 is 98.7. The largest absolute Gasteiger partial charge is 0.506 e. The molecule has 0 atom stereocenters. The molecule has 0 aromatic heterocycles. The number of anilines is 2. The van der Waals surface area contributed by atoms with Crippen LogP contribution < -0.4 is 14.2 Å². The summed E-state index contributed by atoms with van der Waals surface area (Å²) in [6, 6.07) is 12.3. The summed E-state index contributed by atoms with van der Waals surface area (Å²) in [7, 11) is -12.7. The van der Waals surface area contributed by atoms with E-state index in [-0.39, 0.29) is 76.0 Å². The van der Waals surface area contributed by atoms with E-state index in [0.717, 1.165) is 53.9 Å². The van der Waals surface area contributed by atoms with Crippen molar-refractivity contribution in [2.75, 3.05) is 48.6 Å². The van der Waals surface area contributed by atoms with Crippen molar-refractivity contribution in [1.29, 1.82) is 0 Å². The number of morpholine rings is 1. The number of phenols is 2. The van der Waals surface area contributed by atoms with Crippen LogP contribution in [0.3, 0.4) is 0 Å². The molecule has 1 saturated heterocycles. The van der Waals surface area contributed by atoms with E-state index in [9.17, 15) is 35.5 Å². The van der Waals surface area contributed by atoms with Crippen LogP contribution in [0.5, 0.6) is 17.2 Å². The highest BCUT2D eigenvalue weighted by Gasteiger charge is 2.33. The molecule has 70 heavy (non-hydrogen) atoms. The average Bonchev–Trinajstić information content (AvgIpc) is 3.27. The Bertz CT molecular complexity index is 2770. The number of hydrogen-bond donors (Lipinski definition) is 4. The summed E-state index contributed by atoms with van der Waals surface area (Å²) in [5.41, 5.74) is -0.103. The third-order valence-electron chi connectivity index (χ3n) is 12.2. The van der Waals surface area contributed by atoms with Gasteiger partial charge in [0.25, 0.3) is 10.0 Å². The van der Waals surface area contributed by atoms with Gasteiger partial charge in [-0.15, -0.1) is 5.11 Å². The molecule has 1 aliphatic rings. The van der Waals surface area contributed by atoms with Crippen LogP contribution in [-0.4, -0.2) is 78.9 Å². The maximum Gasteiger partial charge on any atom is 0.263 e. The number of phenolic OH excluding ortho intramolecular Hbond substituents is 2. The first kappa shape index (κ1) is 56.7. The Balaban J connectivity index is 1.38. The van der Waals surface area contributed by atoms with Gasteiger partial charge in [-0.3, -0.25) is 9.44 Å². The Hall–Kier alpha value is -4.20. The lowest BCUT2D eigenvalue weighted by atomic mass is 9.72. The number of ether oxygens (including phenoxy) is 2. The van der Waals surface area contributed by atoms with Gasteiger partial charge in [-0.25, -0.2) is 25.3 Å². The number of hydrogen-bond acceptors (Lipinski definition) is 12. The molecule has 1 heterocycles. The Morgan fingerprint density at radius 3 is 1.91 bits per heavy atom. The molecule has 0 amide bonds. The van der Waals surface area contributed by atoms with Gasteiger partial charge in [0.1, 0.15) is 27.0 Å². The standard InChI is InChI=1S/C51H74ClN5O10S3/c1-8-9-10-11-12-13-14-15-16-17-18-19-20-21-29-67-45-34-42(44(58)33-39(45)51(5,6)36-50(2,3)4)56-69(62,63)46-32-37(25-26-40(46)52)53-54-43-35-47(70(64,65)57-27-30-66-31-28-57)49(59)38-23-22-24-41(48(38)43)55-68(7,60)61/h22-26,32-35,55-56,58-59H,8-21,27-31,36H2,1-7H3. The van der Waals surface area contributed by atoms with Crippen LogP contribution in [0.4, 0.5) is 22.7 Å². The zero-order valence-corrected chi connectivity index (χ0v) is 45.1. The minimum Gasteiger partial charge on any atom is -0.506 e. The molecule has 0 spiro atoms. The number of nitrogens with zero attached hydrogens (tertiary/aromatic N) is 3. The normalized spacial score (nSPS) is 14.4. The van der Waals surface area contributed by atoms with Crippen molar-refractivity contribution in [1.82, 2.24) is 4.31 Å². The number of unbranched alkanes of at least 4 members (excludes halogenated alkanes) is 13. The smallest absolute Gasteiger partial charge is 0.263 e. The van der Waals surface area contributed by atoms with Crippen LogP contribution in [0.1, 0.15) is 143 Å². The lowest BCUT2D eigenvalue weighted by molar-refractivity contribution is 0.0730. The van der Waals surface area contributed by atoms with Gasteiger partial charge in [-0.1, -0.05) is 149 Å². The molecule has 388 valence electrons. The van der Waals surface area contributed by atoms with Gasteiger partial charge < -0.3 is 19.7 Å². The minimum absolute atomic E-state index is 0.0151. The van der Waals surface area contributed by atoms with Crippen LogP contribution in [0.15, 0.2) is 74.6 Å². The first-order valence-electron chi connectivity index (χ1n) is 24.5. The third kappa shape index (κ3) is 16.2. The van der Waals surface area contributed by atoms with Crippen molar-refractivity contribution in [3.63, 3.8) is 0 Å². The van der Waals surface area contributed by atoms with Crippen molar-refractivity contribution < 1.29 is 44.9 Å². The Morgan fingerprint density at radius 2 is 1.33 bits per heavy atom. The minimum atomic E-state index is -4.53. The molecule has 0 aliphatic carbocycles. The first-order valence-corrected chi connectivity index (χ1v) is 29.7. The Kier molecular flexibility index (Phi) is 20.2. The van der Waals surface area contributed by atoms with Crippen molar-refractivity contribution in [3.05, 3.63) is 65.2 Å². The summed E-state index contributed by atoms with van der Waals surface area (Å²) in [5.74, 6) is -0.480. The van der Waals surface area contributed by atoms with Crippen LogP contribution >= 0.6 is 11.6 Å². The molecular formula is C51H74ClN5O10S3.